The first-order chi connectivity index (χ1) is 9.52. The van der Waals surface area contributed by atoms with Crippen LogP contribution in [-0.4, -0.2) is 37.6 Å². The molecule has 2 atom stereocenters. The van der Waals surface area contributed by atoms with E-state index in [0.29, 0.717) is 6.04 Å². The van der Waals surface area contributed by atoms with Crippen molar-refractivity contribution in [3.8, 4) is 0 Å². The van der Waals surface area contributed by atoms with E-state index < -0.39 is 0 Å². The molecule has 0 radical (unpaired) electrons. The van der Waals surface area contributed by atoms with Crippen LogP contribution in [0.2, 0.25) is 5.02 Å². The van der Waals surface area contributed by atoms with Crippen LogP contribution < -0.4 is 10.6 Å². The van der Waals surface area contributed by atoms with Gasteiger partial charge in [-0.15, -0.1) is 0 Å². The average Bonchev–Trinajstić information content (AvgIpc) is 2.85. The fraction of sp³-hybridized carbons (Fsp3) is 0.625. The van der Waals surface area contributed by atoms with Gasteiger partial charge in [0, 0.05) is 25.7 Å². The molecule has 112 valence electrons. The number of nitrogens with two attached hydrogens (primary N) is 1. The summed E-state index contributed by atoms with van der Waals surface area (Å²) >= 11 is 6.41. The van der Waals surface area contributed by atoms with Crippen molar-refractivity contribution < 1.29 is 0 Å². The van der Waals surface area contributed by atoms with E-state index in [1.165, 1.54) is 19.4 Å². The molecule has 0 aliphatic carbocycles. The maximum Gasteiger partial charge on any atom is 0.0642 e. The summed E-state index contributed by atoms with van der Waals surface area (Å²) in [6.45, 7) is 7.61. The minimum absolute atomic E-state index is 0.0253. The Hall–Kier alpha value is -0.770. The summed E-state index contributed by atoms with van der Waals surface area (Å²) < 4.78 is 0. The second kappa shape index (κ2) is 6.79. The summed E-state index contributed by atoms with van der Waals surface area (Å²) in [5.41, 5.74) is 8.08. The van der Waals surface area contributed by atoms with E-state index in [1.807, 2.05) is 13.0 Å². The Morgan fingerprint density at radius 1 is 1.50 bits per heavy atom. The first-order valence-corrected chi connectivity index (χ1v) is 7.91. The fourth-order valence-electron chi connectivity index (χ4n) is 3.05. The second-order valence-corrected chi connectivity index (χ2v) is 6.21. The maximum atomic E-state index is 6.41. The van der Waals surface area contributed by atoms with Crippen molar-refractivity contribution in [1.82, 2.24) is 4.90 Å². The summed E-state index contributed by atoms with van der Waals surface area (Å²) in [5.74, 6) is 0. The number of hydrogen-bond acceptors (Lipinski definition) is 3. The van der Waals surface area contributed by atoms with Crippen LogP contribution in [0.15, 0.2) is 18.2 Å². The van der Waals surface area contributed by atoms with Gasteiger partial charge < -0.3 is 10.6 Å². The highest BCUT2D eigenvalue weighted by Crippen LogP contribution is 2.29. The van der Waals surface area contributed by atoms with Crippen LogP contribution in [0.3, 0.4) is 0 Å². The number of halogens is 1. The molecule has 1 unspecified atom stereocenters. The largest absolute Gasteiger partial charge is 0.372 e. The third-order valence-electron chi connectivity index (χ3n) is 4.30. The van der Waals surface area contributed by atoms with Gasteiger partial charge >= 0.3 is 0 Å². The van der Waals surface area contributed by atoms with Crippen molar-refractivity contribution in [1.29, 1.82) is 0 Å². The lowest BCUT2D eigenvalue weighted by Crippen LogP contribution is -2.38. The van der Waals surface area contributed by atoms with Crippen LogP contribution in [-0.2, 0) is 0 Å². The van der Waals surface area contributed by atoms with Crippen molar-refractivity contribution in [3.63, 3.8) is 0 Å². The first-order valence-electron chi connectivity index (χ1n) is 7.53. The highest BCUT2D eigenvalue weighted by Gasteiger charge is 2.24. The van der Waals surface area contributed by atoms with Gasteiger partial charge in [0.05, 0.1) is 10.7 Å². The number of likely N-dealkylation sites (tertiary alicyclic amines) is 1. The molecule has 1 heterocycles. The van der Waals surface area contributed by atoms with E-state index in [4.69, 9.17) is 17.3 Å². The molecule has 1 aromatic carbocycles. The maximum absolute atomic E-state index is 6.41. The third-order valence-corrected chi connectivity index (χ3v) is 4.60. The van der Waals surface area contributed by atoms with Gasteiger partial charge in [0.1, 0.15) is 0 Å². The Balaban J connectivity index is 2.07. The van der Waals surface area contributed by atoms with Crippen molar-refractivity contribution >= 4 is 17.3 Å². The molecule has 1 aliphatic heterocycles. The van der Waals surface area contributed by atoms with E-state index in [-0.39, 0.29) is 6.04 Å². The smallest absolute Gasteiger partial charge is 0.0642 e. The molecule has 1 aromatic rings. The topological polar surface area (TPSA) is 32.5 Å². The predicted octanol–water partition coefficient (Wildman–Crippen LogP) is 3.28. The standard InChI is InChI=1S/C16H26ClN3/c1-4-20-9-5-6-14(20)11-19(3)16-8-7-13(12(2)18)10-15(16)17/h7-8,10,12,14H,4-6,9,11,18H2,1-3H3/t12-,14?/m0/s1. The Labute approximate surface area is 127 Å². The Morgan fingerprint density at radius 3 is 2.85 bits per heavy atom. The van der Waals surface area contributed by atoms with Crippen LogP contribution in [0.4, 0.5) is 5.69 Å². The van der Waals surface area contributed by atoms with E-state index in [9.17, 15) is 0 Å². The molecule has 3 nitrogen and oxygen atoms in total. The zero-order valence-electron chi connectivity index (χ0n) is 12.8. The zero-order chi connectivity index (χ0) is 14.7. The lowest BCUT2D eigenvalue weighted by Gasteiger charge is -2.29. The van der Waals surface area contributed by atoms with Crippen molar-refractivity contribution in [2.45, 2.75) is 38.8 Å². The summed E-state index contributed by atoms with van der Waals surface area (Å²) in [7, 11) is 2.12. The average molecular weight is 296 g/mol. The molecular formula is C16H26ClN3. The molecule has 0 spiro atoms. The van der Waals surface area contributed by atoms with Gasteiger partial charge in [0.15, 0.2) is 0 Å². The summed E-state index contributed by atoms with van der Waals surface area (Å²) in [6.07, 6.45) is 2.59. The Bertz CT molecular complexity index is 447. The lowest BCUT2D eigenvalue weighted by atomic mass is 10.1. The van der Waals surface area contributed by atoms with Crippen molar-refractivity contribution in [3.05, 3.63) is 28.8 Å². The van der Waals surface area contributed by atoms with Crippen molar-refractivity contribution in [2.75, 3.05) is 31.6 Å². The predicted molar refractivity (Wildman–Crippen MR) is 87.6 cm³/mol. The Morgan fingerprint density at radius 2 is 2.25 bits per heavy atom. The monoisotopic (exact) mass is 295 g/mol. The molecule has 1 aliphatic rings. The molecular weight excluding hydrogens is 270 g/mol. The molecule has 4 heteroatoms. The summed E-state index contributed by atoms with van der Waals surface area (Å²) in [4.78, 5) is 4.83. The molecule has 1 saturated heterocycles. The highest BCUT2D eigenvalue weighted by molar-refractivity contribution is 6.33. The number of likely N-dealkylation sites (N-methyl/N-ethyl adjacent to an activating group) is 2. The zero-order valence-corrected chi connectivity index (χ0v) is 13.5. The van der Waals surface area contributed by atoms with Gasteiger partial charge in [-0.25, -0.2) is 0 Å². The molecule has 0 saturated carbocycles. The number of benzene rings is 1. The fourth-order valence-corrected chi connectivity index (χ4v) is 3.38. The normalized spacial score (nSPS) is 21.1. The van der Waals surface area contributed by atoms with Gasteiger partial charge in [0.25, 0.3) is 0 Å². The van der Waals surface area contributed by atoms with Crippen LogP contribution >= 0.6 is 11.6 Å². The van der Waals surface area contributed by atoms with Gasteiger partial charge in [-0.05, 0) is 50.6 Å². The quantitative estimate of drug-likeness (QED) is 0.905. The van der Waals surface area contributed by atoms with E-state index in [1.54, 1.807) is 0 Å². The Kier molecular flexibility index (Phi) is 5.30. The second-order valence-electron chi connectivity index (χ2n) is 5.80. The van der Waals surface area contributed by atoms with E-state index in [2.05, 4.69) is 35.9 Å². The van der Waals surface area contributed by atoms with Gasteiger partial charge in [-0.1, -0.05) is 24.6 Å². The summed E-state index contributed by atoms with van der Waals surface area (Å²) in [6, 6.07) is 6.83. The molecule has 2 rings (SSSR count). The number of rotatable bonds is 5. The van der Waals surface area contributed by atoms with E-state index in [0.717, 1.165) is 29.4 Å². The molecule has 0 bridgehead atoms. The lowest BCUT2D eigenvalue weighted by molar-refractivity contribution is 0.270. The minimum atomic E-state index is 0.0253. The summed E-state index contributed by atoms with van der Waals surface area (Å²) in [5, 5.41) is 0.795. The number of nitrogens with zero attached hydrogens (tertiary/aromatic N) is 2. The minimum Gasteiger partial charge on any atom is -0.372 e. The molecule has 0 amide bonds. The molecule has 2 N–H and O–H groups in total. The SMILES string of the molecule is CCN1CCCC1CN(C)c1ccc([C@H](C)N)cc1Cl. The molecule has 0 aromatic heterocycles. The molecule has 1 fully saturated rings. The van der Waals surface area contributed by atoms with E-state index >= 15 is 0 Å². The van der Waals surface area contributed by atoms with Crippen molar-refractivity contribution in [2.24, 2.45) is 5.73 Å². The van der Waals surface area contributed by atoms with Gasteiger partial charge in [-0.2, -0.15) is 0 Å². The number of hydrogen-bond donors (Lipinski definition) is 1. The van der Waals surface area contributed by atoms with Crippen LogP contribution in [0.1, 0.15) is 38.3 Å². The third kappa shape index (κ3) is 3.46. The van der Waals surface area contributed by atoms with Crippen LogP contribution in [0, 0.1) is 0 Å². The number of anilines is 1. The highest BCUT2D eigenvalue weighted by atomic mass is 35.5. The van der Waals surface area contributed by atoms with Gasteiger partial charge in [0.2, 0.25) is 0 Å². The van der Waals surface area contributed by atoms with Crippen LogP contribution in [0.5, 0.6) is 0 Å². The molecule has 20 heavy (non-hydrogen) atoms. The first kappa shape index (κ1) is 15.6. The van der Waals surface area contributed by atoms with Crippen LogP contribution in [0.25, 0.3) is 0 Å². The van der Waals surface area contributed by atoms with Gasteiger partial charge in [-0.3, -0.25) is 4.90 Å².